The zero-order valence-corrected chi connectivity index (χ0v) is 18.1. The predicted molar refractivity (Wildman–Crippen MR) is 116 cm³/mol. The molecule has 9 heteroatoms. The Morgan fingerprint density at radius 2 is 1.74 bits per heavy atom. The van der Waals surface area contributed by atoms with Crippen LogP contribution in [0.2, 0.25) is 0 Å². The first-order valence-corrected chi connectivity index (χ1v) is 10.1. The maximum Gasteiger partial charge on any atom is 0.426 e. The van der Waals surface area contributed by atoms with Gasteiger partial charge in [-0.1, -0.05) is 39.0 Å². The van der Waals surface area contributed by atoms with Crippen LogP contribution in [0.5, 0.6) is 5.75 Å². The Bertz CT molecular complexity index is 1070. The molecule has 164 valence electrons. The number of carbonyl (C=O) groups is 2. The summed E-state index contributed by atoms with van der Waals surface area (Å²) in [5.41, 5.74) is 7.62. The lowest BCUT2D eigenvalue weighted by Crippen LogP contribution is -2.42. The Labute approximate surface area is 180 Å². The lowest BCUT2D eigenvalue weighted by Gasteiger charge is -2.23. The number of phenols is 1. The van der Waals surface area contributed by atoms with Gasteiger partial charge in [0.05, 0.1) is 6.61 Å². The van der Waals surface area contributed by atoms with Crippen molar-refractivity contribution in [2.45, 2.75) is 46.0 Å². The number of hydrazine groups is 1. The number of aryl methyl sites for hydroxylation is 1. The van der Waals surface area contributed by atoms with Gasteiger partial charge in [-0.25, -0.2) is 10.2 Å². The molecule has 0 bridgehead atoms. The molecule has 0 radical (unpaired) electrons. The molecule has 0 saturated carbocycles. The number of hydrogen-bond donors (Lipinski definition) is 3. The van der Waals surface area contributed by atoms with Gasteiger partial charge in [0, 0.05) is 12.0 Å². The molecule has 1 heterocycles. The Hall–Kier alpha value is -3.62. The summed E-state index contributed by atoms with van der Waals surface area (Å²) in [6.45, 7) is 7.88. The van der Waals surface area contributed by atoms with E-state index in [-0.39, 0.29) is 30.1 Å². The van der Waals surface area contributed by atoms with Gasteiger partial charge in [0.25, 0.3) is 0 Å². The second-order valence-electron chi connectivity index (χ2n) is 8.13. The van der Waals surface area contributed by atoms with Crippen LogP contribution in [-0.4, -0.2) is 38.7 Å². The van der Waals surface area contributed by atoms with Crippen molar-refractivity contribution < 1.29 is 19.4 Å². The van der Waals surface area contributed by atoms with Gasteiger partial charge in [-0.15, -0.1) is 15.0 Å². The number of ether oxygens (including phenoxy) is 1. The van der Waals surface area contributed by atoms with Crippen molar-refractivity contribution in [3.05, 3.63) is 47.5 Å². The van der Waals surface area contributed by atoms with Crippen molar-refractivity contribution in [3.63, 3.8) is 0 Å². The van der Waals surface area contributed by atoms with E-state index >= 15 is 0 Å². The highest BCUT2D eigenvalue weighted by Crippen LogP contribution is 2.36. The first-order valence-electron chi connectivity index (χ1n) is 10.1. The maximum atomic E-state index is 12.1. The van der Waals surface area contributed by atoms with Crippen LogP contribution in [0.4, 0.5) is 4.79 Å². The van der Waals surface area contributed by atoms with Crippen LogP contribution in [0.15, 0.2) is 36.4 Å². The van der Waals surface area contributed by atoms with Crippen LogP contribution < -0.4 is 10.9 Å². The zero-order chi connectivity index (χ0) is 22.6. The predicted octanol–water partition coefficient (Wildman–Crippen LogP) is 3.13. The number of rotatable bonds is 5. The monoisotopic (exact) mass is 425 g/mol. The highest BCUT2D eigenvalue weighted by molar-refractivity contribution is 5.79. The van der Waals surface area contributed by atoms with Crippen LogP contribution in [-0.2, 0) is 21.4 Å². The van der Waals surface area contributed by atoms with Crippen molar-refractivity contribution in [2.24, 2.45) is 0 Å². The third-order valence-electron chi connectivity index (χ3n) is 4.68. The Morgan fingerprint density at radius 1 is 1.10 bits per heavy atom. The van der Waals surface area contributed by atoms with E-state index in [4.69, 9.17) is 4.74 Å². The topological polar surface area (TPSA) is 118 Å². The van der Waals surface area contributed by atoms with Crippen molar-refractivity contribution in [1.82, 2.24) is 25.8 Å². The smallest absolute Gasteiger partial charge is 0.426 e. The second kappa shape index (κ2) is 9.03. The number of carbonyl (C=O) groups excluding carboxylic acids is 2. The number of nitrogens with zero attached hydrogens (tertiary/aromatic N) is 3. The fourth-order valence-corrected chi connectivity index (χ4v) is 3.12. The molecule has 0 unspecified atom stereocenters. The van der Waals surface area contributed by atoms with E-state index in [2.05, 4.69) is 21.0 Å². The Kier molecular flexibility index (Phi) is 6.43. The van der Waals surface area contributed by atoms with Gasteiger partial charge in [-0.2, -0.15) is 0 Å². The fraction of sp³-hybridized carbons (Fsp3) is 0.364. The minimum atomic E-state index is -0.713. The molecule has 0 aliphatic heterocycles. The number of aromatic hydroxyl groups is 1. The summed E-state index contributed by atoms with van der Waals surface area (Å²) < 4.78 is 4.70. The quantitative estimate of drug-likeness (QED) is 0.541. The van der Waals surface area contributed by atoms with Gasteiger partial charge in [0.2, 0.25) is 5.91 Å². The highest BCUT2D eigenvalue weighted by atomic mass is 16.5. The molecular weight excluding hydrogens is 398 g/mol. The number of benzene rings is 2. The van der Waals surface area contributed by atoms with Crippen LogP contribution in [0.25, 0.3) is 16.7 Å². The number of amides is 2. The molecule has 0 aliphatic rings. The second-order valence-corrected chi connectivity index (χ2v) is 8.13. The van der Waals surface area contributed by atoms with Crippen molar-refractivity contribution in [2.75, 3.05) is 6.61 Å². The summed E-state index contributed by atoms with van der Waals surface area (Å²) in [7, 11) is 0. The molecule has 0 fully saturated rings. The van der Waals surface area contributed by atoms with E-state index in [1.165, 1.54) is 4.80 Å². The summed E-state index contributed by atoms with van der Waals surface area (Å²) in [4.78, 5) is 24.8. The Balaban J connectivity index is 1.86. The SMILES string of the molecule is CCOC(=O)NNC(=O)CCc1cc(-n2nc3ccccc3n2)c(O)c(C(C)(C)C)c1. The average molecular weight is 425 g/mol. The first kappa shape index (κ1) is 22.1. The molecule has 3 rings (SSSR count). The molecule has 3 N–H and O–H groups in total. The molecule has 0 aliphatic carbocycles. The molecule has 2 aromatic carbocycles. The van der Waals surface area contributed by atoms with Gasteiger partial charge >= 0.3 is 6.09 Å². The zero-order valence-electron chi connectivity index (χ0n) is 18.1. The van der Waals surface area contributed by atoms with Gasteiger partial charge in [0.15, 0.2) is 0 Å². The average Bonchev–Trinajstić information content (AvgIpc) is 3.14. The van der Waals surface area contributed by atoms with E-state index in [9.17, 15) is 14.7 Å². The standard InChI is InChI=1S/C22H27N5O4/c1-5-31-21(30)24-23-19(28)11-10-14-12-15(22(2,3)4)20(29)18(13-14)27-25-16-8-6-7-9-17(16)26-27/h6-9,12-13,29H,5,10-11H2,1-4H3,(H,23,28)(H,24,30). The normalized spacial score (nSPS) is 11.4. The summed E-state index contributed by atoms with van der Waals surface area (Å²) in [5.74, 6) is -0.257. The molecule has 2 amide bonds. The summed E-state index contributed by atoms with van der Waals surface area (Å²) in [6.07, 6.45) is -0.183. The maximum absolute atomic E-state index is 12.1. The van der Waals surface area contributed by atoms with Crippen molar-refractivity contribution in [3.8, 4) is 11.4 Å². The lowest BCUT2D eigenvalue weighted by atomic mass is 9.84. The minimum Gasteiger partial charge on any atom is -0.505 e. The van der Waals surface area contributed by atoms with Gasteiger partial charge in [0.1, 0.15) is 22.5 Å². The van der Waals surface area contributed by atoms with Crippen LogP contribution in [0, 0.1) is 0 Å². The van der Waals surface area contributed by atoms with E-state index < -0.39 is 6.09 Å². The summed E-state index contributed by atoms with van der Waals surface area (Å²) in [6, 6.07) is 11.1. The molecule has 9 nitrogen and oxygen atoms in total. The number of fused-ring (bicyclic) bond motifs is 1. The van der Waals surface area contributed by atoms with E-state index in [0.717, 1.165) is 11.1 Å². The molecule has 3 aromatic rings. The molecular formula is C22H27N5O4. The minimum absolute atomic E-state index is 0.102. The van der Waals surface area contributed by atoms with Crippen molar-refractivity contribution in [1.29, 1.82) is 0 Å². The molecule has 31 heavy (non-hydrogen) atoms. The lowest BCUT2D eigenvalue weighted by molar-refractivity contribution is -0.121. The number of hydrogen-bond acceptors (Lipinski definition) is 6. The Morgan fingerprint density at radius 3 is 2.32 bits per heavy atom. The van der Waals surface area contributed by atoms with Gasteiger partial charge < -0.3 is 9.84 Å². The highest BCUT2D eigenvalue weighted by Gasteiger charge is 2.23. The van der Waals surface area contributed by atoms with Crippen LogP contribution >= 0.6 is 0 Å². The fourth-order valence-electron chi connectivity index (χ4n) is 3.12. The van der Waals surface area contributed by atoms with Crippen LogP contribution in [0.1, 0.15) is 45.2 Å². The van der Waals surface area contributed by atoms with Gasteiger partial charge in [-0.3, -0.25) is 10.2 Å². The molecule has 1 aromatic heterocycles. The number of phenolic OH excluding ortho intramolecular Hbond substituents is 1. The van der Waals surface area contributed by atoms with E-state index in [1.807, 2.05) is 51.1 Å². The molecule has 0 saturated heterocycles. The molecule has 0 atom stereocenters. The summed E-state index contributed by atoms with van der Waals surface area (Å²) in [5, 5.41) is 19.9. The van der Waals surface area contributed by atoms with Crippen molar-refractivity contribution >= 4 is 23.0 Å². The molecule has 0 spiro atoms. The van der Waals surface area contributed by atoms with Crippen LogP contribution in [0.3, 0.4) is 0 Å². The number of aromatic nitrogens is 3. The first-order chi connectivity index (χ1) is 14.7. The third-order valence-corrected chi connectivity index (χ3v) is 4.68. The number of nitrogens with one attached hydrogen (secondary N) is 2. The van der Waals surface area contributed by atoms with E-state index in [1.54, 1.807) is 13.0 Å². The largest absolute Gasteiger partial charge is 0.505 e. The van der Waals surface area contributed by atoms with E-state index in [0.29, 0.717) is 23.1 Å². The van der Waals surface area contributed by atoms with Gasteiger partial charge in [-0.05, 0) is 42.5 Å². The summed E-state index contributed by atoms with van der Waals surface area (Å²) >= 11 is 0. The third kappa shape index (κ3) is 5.30.